The molecule has 0 spiro atoms. The SMILES string of the molecule is CCOC(=O)c1ccc(N2C(=O)C(Cl)=C(Nc3ccc(F)cc3)C2=O)cc1. The van der Waals surface area contributed by atoms with Crippen LogP contribution in [0, 0.1) is 5.82 Å². The normalized spacial score (nSPS) is 14.0. The molecule has 0 saturated carbocycles. The molecule has 6 nitrogen and oxygen atoms in total. The Balaban J connectivity index is 1.82. The number of anilines is 2. The van der Waals surface area contributed by atoms with Crippen molar-refractivity contribution in [3.05, 3.63) is 70.6 Å². The number of carbonyl (C=O) groups excluding carboxylic acids is 3. The molecule has 0 radical (unpaired) electrons. The molecule has 0 bridgehead atoms. The molecule has 0 aromatic heterocycles. The van der Waals surface area contributed by atoms with E-state index in [1.54, 1.807) is 6.92 Å². The van der Waals surface area contributed by atoms with Crippen LogP contribution in [0.3, 0.4) is 0 Å². The van der Waals surface area contributed by atoms with E-state index in [9.17, 15) is 18.8 Å². The fraction of sp³-hybridized carbons (Fsp3) is 0.105. The number of benzene rings is 2. The maximum absolute atomic E-state index is 13.0. The van der Waals surface area contributed by atoms with Crippen LogP contribution in [0.15, 0.2) is 59.3 Å². The molecule has 0 fully saturated rings. The largest absolute Gasteiger partial charge is 0.462 e. The predicted octanol–water partition coefficient (Wildman–Crippen LogP) is 3.44. The number of halogens is 2. The summed E-state index contributed by atoms with van der Waals surface area (Å²) in [6.45, 7) is 1.93. The Bertz CT molecular complexity index is 939. The van der Waals surface area contributed by atoms with Gasteiger partial charge in [0.2, 0.25) is 0 Å². The number of nitrogens with zero attached hydrogens (tertiary/aromatic N) is 1. The zero-order chi connectivity index (χ0) is 19.6. The fourth-order valence-electron chi connectivity index (χ4n) is 2.48. The van der Waals surface area contributed by atoms with Gasteiger partial charge in [-0.15, -0.1) is 0 Å². The van der Waals surface area contributed by atoms with Gasteiger partial charge < -0.3 is 10.1 Å². The van der Waals surface area contributed by atoms with Gasteiger partial charge in [-0.25, -0.2) is 14.1 Å². The molecular formula is C19H14ClFN2O4. The average molecular weight is 389 g/mol. The minimum absolute atomic E-state index is 0.109. The molecule has 2 aromatic rings. The summed E-state index contributed by atoms with van der Waals surface area (Å²) in [5, 5.41) is 2.46. The van der Waals surface area contributed by atoms with Gasteiger partial charge in [0.25, 0.3) is 11.8 Å². The standard InChI is InChI=1S/C19H14ClFN2O4/c1-2-27-19(26)11-3-9-14(10-4-11)23-17(24)15(20)16(18(23)25)22-13-7-5-12(21)6-8-13/h3-10,22H,2H2,1H3. The number of imide groups is 1. The van der Waals surface area contributed by atoms with Crippen LogP contribution in [-0.2, 0) is 14.3 Å². The van der Waals surface area contributed by atoms with Gasteiger partial charge in [-0.2, -0.15) is 0 Å². The van der Waals surface area contributed by atoms with Crippen molar-refractivity contribution in [3.8, 4) is 0 Å². The number of carbonyl (C=O) groups is 3. The fourth-order valence-corrected chi connectivity index (χ4v) is 2.70. The lowest BCUT2D eigenvalue weighted by Gasteiger charge is -2.15. The summed E-state index contributed by atoms with van der Waals surface area (Å²) in [5.41, 5.74) is 0.850. The van der Waals surface area contributed by atoms with Gasteiger partial charge in [0.05, 0.1) is 17.9 Å². The Kier molecular flexibility index (Phi) is 5.23. The Hall–Kier alpha value is -3.19. The lowest BCUT2D eigenvalue weighted by molar-refractivity contribution is -0.120. The van der Waals surface area contributed by atoms with Gasteiger partial charge >= 0.3 is 5.97 Å². The summed E-state index contributed by atoms with van der Waals surface area (Å²) in [6, 6.07) is 11.1. The quantitative estimate of drug-likeness (QED) is 0.627. The van der Waals surface area contributed by atoms with Crippen LogP contribution in [0.2, 0.25) is 0 Å². The first-order valence-electron chi connectivity index (χ1n) is 8.00. The smallest absolute Gasteiger partial charge is 0.338 e. The molecular weight excluding hydrogens is 375 g/mol. The zero-order valence-corrected chi connectivity index (χ0v) is 14.9. The molecule has 1 aliphatic heterocycles. The Labute approximate surface area is 159 Å². The minimum atomic E-state index is -0.699. The highest BCUT2D eigenvalue weighted by Gasteiger charge is 2.39. The molecule has 2 aromatic carbocycles. The summed E-state index contributed by atoms with van der Waals surface area (Å²) in [7, 11) is 0. The third-order valence-electron chi connectivity index (χ3n) is 3.78. The van der Waals surface area contributed by atoms with E-state index in [1.807, 2.05) is 0 Å². The lowest BCUT2D eigenvalue weighted by atomic mass is 10.2. The molecule has 1 heterocycles. The predicted molar refractivity (Wildman–Crippen MR) is 97.8 cm³/mol. The third-order valence-corrected chi connectivity index (χ3v) is 4.13. The van der Waals surface area contributed by atoms with E-state index in [2.05, 4.69) is 5.32 Å². The summed E-state index contributed by atoms with van der Waals surface area (Å²) in [4.78, 5) is 37.7. The van der Waals surface area contributed by atoms with Crippen LogP contribution < -0.4 is 10.2 Å². The number of hydrogen-bond donors (Lipinski definition) is 1. The van der Waals surface area contributed by atoms with Crippen molar-refractivity contribution < 1.29 is 23.5 Å². The van der Waals surface area contributed by atoms with Gasteiger partial charge in [0.1, 0.15) is 16.5 Å². The Morgan fingerprint density at radius 1 is 1.07 bits per heavy atom. The number of rotatable bonds is 5. The van der Waals surface area contributed by atoms with Crippen molar-refractivity contribution in [2.24, 2.45) is 0 Å². The third kappa shape index (κ3) is 3.68. The monoisotopic (exact) mass is 388 g/mol. The minimum Gasteiger partial charge on any atom is -0.462 e. The molecule has 3 rings (SSSR count). The molecule has 0 atom stereocenters. The molecule has 27 heavy (non-hydrogen) atoms. The van der Waals surface area contributed by atoms with Crippen LogP contribution in [-0.4, -0.2) is 24.4 Å². The molecule has 8 heteroatoms. The second kappa shape index (κ2) is 7.59. The number of amides is 2. The number of nitrogens with one attached hydrogen (secondary N) is 1. The summed E-state index contributed by atoms with van der Waals surface area (Å²) >= 11 is 6.03. The lowest BCUT2D eigenvalue weighted by Crippen LogP contribution is -2.32. The molecule has 2 amide bonds. The molecule has 138 valence electrons. The van der Waals surface area contributed by atoms with Crippen LogP contribution in [0.5, 0.6) is 0 Å². The van der Waals surface area contributed by atoms with Gasteiger partial charge in [0, 0.05) is 5.69 Å². The Morgan fingerprint density at radius 3 is 2.30 bits per heavy atom. The van der Waals surface area contributed by atoms with Crippen molar-refractivity contribution >= 4 is 40.8 Å². The van der Waals surface area contributed by atoms with Crippen LogP contribution in [0.25, 0.3) is 0 Å². The number of esters is 1. The van der Waals surface area contributed by atoms with E-state index >= 15 is 0 Å². The first-order chi connectivity index (χ1) is 12.9. The number of ether oxygens (including phenoxy) is 1. The Morgan fingerprint density at radius 2 is 1.70 bits per heavy atom. The molecule has 0 aliphatic carbocycles. The summed E-state index contributed by atoms with van der Waals surface area (Å²) in [5.74, 6) is -2.29. The van der Waals surface area contributed by atoms with Crippen molar-refractivity contribution in [2.75, 3.05) is 16.8 Å². The second-order valence-corrected chi connectivity index (χ2v) is 5.91. The molecule has 0 unspecified atom stereocenters. The van der Waals surface area contributed by atoms with Gasteiger partial charge in [-0.05, 0) is 55.5 Å². The maximum Gasteiger partial charge on any atom is 0.338 e. The van der Waals surface area contributed by atoms with E-state index in [-0.39, 0.29) is 23.0 Å². The van der Waals surface area contributed by atoms with Crippen LogP contribution >= 0.6 is 11.6 Å². The van der Waals surface area contributed by atoms with Crippen LogP contribution in [0.1, 0.15) is 17.3 Å². The summed E-state index contributed by atoms with van der Waals surface area (Å²) in [6.07, 6.45) is 0. The highest BCUT2D eigenvalue weighted by Crippen LogP contribution is 2.30. The highest BCUT2D eigenvalue weighted by atomic mass is 35.5. The van der Waals surface area contributed by atoms with Crippen molar-refractivity contribution in [1.82, 2.24) is 0 Å². The van der Waals surface area contributed by atoms with Gasteiger partial charge in [0.15, 0.2) is 0 Å². The van der Waals surface area contributed by atoms with Crippen molar-refractivity contribution in [2.45, 2.75) is 6.92 Å². The molecule has 1 aliphatic rings. The first kappa shape index (κ1) is 18.6. The van der Waals surface area contributed by atoms with E-state index in [0.29, 0.717) is 11.3 Å². The second-order valence-electron chi connectivity index (χ2n) is 5.53. The summed E-state index contributed by atoms with van der Waals surface area (Å²) < 4.78 is 17.9. The van der Waals surface area contributed by atoms with Crippen molar-refractivity contribution in [1.29, 1.82) is 0 Å². The van der Waals surface area contributed by atoms with Crippen LogP contribution in [0.4, 0.5) is 15.8 Å². The average Bonchev–Trinajstić information content (AvgIpc) is 2.87. The van der Waals surface area contributed by atoms with E-state index in [0.717, 1.165) is 4.90 Å². The molecule has 1 N–H and O–H groups in total. The van der Waals surface area contributed by atoms with Gasteiger partial charge in [-0.3, -0.25) is 9.59 Å². The zero-order valence-electron chi connectivity index (χ0n) is 14.2. The topological polar surface area (TPSA) is 75.7 Å². The van der Waals surface area contributed by atoms with E-state index in [1.165, 1.54) is 48.5 Å². The van der Waals surface area contributed by atoms with Crippen molar-refractivity contribution in [3.63, 3.8) is 0 Å². The van der Waals surface area contributed by atoms with E-state index < -0.39 is 23.6 Å². The van der Waals surface area contributed by atoms with Gasteiger partial charge in [-0.1, -0.05) is 11.6 Å². The highest BCUT2D eigenvalue weighted by molar-refractivity contribution is 6.53. The molecule has 0 saturated heterocycles. The first-order valence-corrected chi connectivity index (χ1v) is 8.38. The van der Waals surface area contributed by atoms with E-state index in [4.69, 9.17) is 16.3 Å². The number of hydrogen-bond acceptors (Lipinski definition) is 5. The maximum atomic E-state index is 13.0.